The monoisotopic (exact) mass is 348 g/mol. The molecule has 0 heterocycles. The minimum absolute atomic E-state index is 0.104. The number of carbonyl (C=O) groups excluding carboxylic acids is 1. The Morgan fingerprint density at radius 2 is 2.14 bits per heavy atom. The van der Waals surface area contributed by atoms with Crippen molar-refractivity contribution in [2.24, 2.45) is 5.10 Å². The largest absolute Gasteiger partial charge is 0.507 e. The Morgan fingerprint density at radius 1 is 1.33 bits per heavy atom. The minimum atomic E-state index is -0.493. The Morgan fingerprint density at radius 3 is 2.90 bits per heavy atom. The molecule has 0 aromatic heterocycles. The summed E-state index contributed by atoms with van der Waals surface area (Å²) in [6.07, 6.45) is 1.50. The third-order valence-electron chi connectivity index (χ3n) is 2.68. The highest BCUT2D eigenvalue weighted by Crippen LogP contribution is 2.21. The third kappa shape index (κ3) is 4.06. The standard InChI is InChI=1S/C15H13BrN2O3/c1-21-12-4-2-3-10(7-12)9-17-18-15(20)13-8-11(16)5-6-14(13)19/h2-9,19H,1H3,(H,18,20)/b17-9-. The van der Waals surface area contributed by atoms with Crippen molar-refractivity contribution in [3.05, 3.63) is 58.1 Å². The smallest absolute Gasteiger partial charge is 0.275 e. The van der Waals surface area contributed by atoms with Gasteiger partial charge < -0.3 is 9.84 Å². The van der Waals surface area contributed by atoms with E-state index in [2.05, 4.69) is 26.5 Å². The lowest BCUT2D eigenvalue weighted by atomic mass is 10.2. The molecule has 0 bridgehead atoms. The second-order valence-corrected chi connectivity index (χ2v) is 5.05. The highest BCUT2D eigenvalue weighted by molar-refractivity contribution is 9.10. The quantitative estimate of drug-likeness (QED) is 0.659. The minimum Gasteiger partial charge on any atom is -0.507 e. The molecule has 2 N–H and O–H groups in total. The molecule has 21 heavy (non-hydrogen) atoms. The lowest BCUT2D eigenvalue weighted by molar-refractivity contribution is 0.0952. The maximum absolute atomic E-state index is 11.9. The molecule has 5 nitrogen and oxygen atoms in total. The maximum Gasteiger partial charge on any atom is 0.275 e. The van der Waals surface area contributed by atoms with E-state index in [9.17, 15) is 9.90 Å². The van der Waals surface area contributed by atoms with Gasteiger partial charge in [-0.3, -0.25) is 4.79 Å². The van der Waals surface area contributed by atoms with E-state index in [0.717, 1.165) is 5.56 Å². The molecule has 2 aromatic carbocycles. The number of methoxy groups -OCH3 is 1. The predicted molar refractivity (Wildman–Crippen MR) is 83.9 cm³/mol. The summed E-state index contributed by atoms with van der Waals surface area (Å²) in [6, 6.07) is 11.8. The Kier molecular flexibility index (Phi) is 4.94. The van der Waals surface area contributed by atoms with Crippen LogP contribution in [0.25, 0.3) is 0 Å². The number of hydrogen-bond acceptors (Lipinski definition) is 4. The summed E-state index contributed by atoms with van der Waals surface area (Å²) < 4.78 is 5.79. The molecule has 6 heteroatoms. The average Bonchev–Trinajstić information content (AvgIpc) is 2.49. The van der Waals surface area contributed by atoms with Gasteiger partial charge in [0.25, 0.3) is 5.91 Å². The van der Waals surface area contributed by atoms with E-state index in [4.69, 9.17) is 4.74 Å². The highest BCUT2D eigenvalue weighted by Gasteiger charge is 2.10. The van der Waals surface area contributed by atoms with E-state index in [1.165, 1.54) is 18.3 Å². The van der Waals surface area contributed by atoms with Gasteiger partial charge in [-0.1, -0.05) is 28.1 Å². The van der Waals surface area contributed by atoms with Crippen LogP contribution in [0.1, 0.15) is 15.9 Å². The fourth-order valence-corrected chi connectivity index (χ4v) is 2.00. The van der Waals surface area contributed by atoms with Crippen molar-refractivity contribution in [1.29, 1.82) is 0 Å². The second-order valence-electron chi connectivity index (χ2n) is 4.14. The van der Waals surface area contributed by atoms with Crippen LogP contribution >= 0.6 is 15.9 Å². The molecule has 0 spiro atoms. The average molecular weight is 349 g/mol. The number of hydrogen-bond donors (Lipinski definition) is 2. The number of halogens is 1. The van der Waals surface area contributed by atoms with Crippen molar-refractivity contribution >= 4 is 28.1 Å². The Labute approximate surface area is 130 Å². The van der Waals surface area contributed by atoms with E-state index < -0.39 is 5.91 Å². The molecule has 0 radical (unpaired) electrons. The fraction of sp³-hybridized carbons (Fsp3) is 0.0667. The molecule has 0 fully saturated rings. The summed E-state index contributed by atoms with van der Waals surface area (Å²) in [5, 5.41) is 13.5. The number of nitrogens with zero attached hydrogens (tertiary/aromatic N) is 1. The summed E-state index contributed by atoms with van der Waals surface area (Å²) in [6.45, 7) is 0. The second kappa shape index (κ2) is 6.90. The maximum atomic E-state index is 11.9. The summed E-state index contributed by atoms with van der Waals surface area (Å²) in [4.78, 5) is 11.9. The van der Waals surface area contributed by atoms with E-state index in [0.29, 0.717) is 10.2 Å². The normalized spacial score (nSPS) is 10.6. The molecular weight excluding hydrogens is 336 g/mol. The molecule has 1 amide bonds. The van der Waals surface area contributed by atoms with Gasteiger partial charge in [-0.2, -0.15) is 5.10 Å². The van der Waals surface area contributed by atoms with Crippen molar-refractivity contribution < 1.29 is 14.6 Å². The van der Waals surface area contributed by atoms with E-state index in [-0.39, 0.29) is 11.3 Å². The number of phenols is 1. The molecule has 0 aliphatic rings. The van der Waals surface area contributed by atoms with Crippen LogP contribution in [0.3, 0.4) is 0 Å². The zero-order valence-corrected chi connectivity index (χ0v) is 12.8. The number of hydrazone groups is 1. The predicted octanol–water partition coefficient (Wildman–Crippen LogP) is 2.93. The van der Waals surface area contributed by atoms with Crippen LogP contribution in [0.5, 0.6) is 11.5 Å². The summed E-state index contributed by atoms with van der Waals surface area (Å²) in [7, 11) is 1.58. The Bertz CT molecular complexity index is 686. The first-order chi connectivity index (χ1) is 10.1. The van der Waals surface area contributed by atoms with E-state index in [1.54, 1.807) is 19.2 Å². The van der Waals surface area contributed by atoms with Gasteiger partial charge in [0.05, 0.1) is 18.9 Å². The van der Waals surface area contributed by atoms with Gasteiger partial charge in [0, 0.05) is 4.47 Å². The summed E-state index contributed by atoms with van der Waals surface area (Å²) >= 11 is 3.24. The van der Waals surface area contributed by atoms with Crippen molar-refractivity contribution in [3.63, 3.8) is 0 Å². The van der Waals surface area contributed by atoms with Crippen LogP contribution in [-0.2, 0) is 0 Å². The van der Waals surface area contributed by atoms with Gasteiger partial charge in [0.2, 0.25) is 0 Å². The van der Waals surface area contributed by atoms with Gasteiger partial charge in [0.1, 0.15) is 11.5 Å². The number of benzene rings is 2. The highest BCUT2D eigenvalue weighted by atomic mass is 79.9. The molecule has 0 unspecified atom stereocenters. The van der Waals surface area contributed by atoms with Gasteiger partial charge >= 0.3 is 0 Å². The molecule has 108 valence electrons. The number of carbonyl (C=O) groups is 1. The van der Waals surface area contributed by atoms with Crippen LogP contribution in [0.4, 0.5) is 0 Å². The number of ether oxygens (including phenoxy) is 1. The zero-order valence-electron chi connectivity index (χ0n) is 11.2. The first-order valence-corrected chi connectivity index (χ1v) is 6.85. The number of amides is 1. The zero-order chi connectivity index (χ0) is 15.2. The van der Waals surface area contributed by atoms with Crippen LogP contribution in [0, 0.1) is 0 Å². The number of nitrogens with one attached hydrogen (secondary N) is 1. The van der Waals surface area contributed by atoms with Crippen molar-refractivity contribution in [1.82, 2.24) is 5.43 Å². The number of rotatable bonds is 4. The van der Waals surface area contributed by atoms with Crippen molar-refractivity contribution in [2.45, 2.75) is 0 Å². The number of aromatic hydroxyl groups is 1. The van der Waals surface area contributed by atoms with Crippen molar-refractivity contribution in [2.75, 3.05) is 7.11 Å². The van der Waals surface area contributed by atoms with Crippen LogP contribution in [-0.4, -0.2) is 24.3 Å². The van der Waals surface area contributed by atoms with E-state index in [1.807, 2.05) is 18.2 Å². The number of phenolic OH excluding ortho intramolecular Hbond substituents is 1. The molecule has 0 saturated heterocycles. The summed E-state index contributed by atoms with van der Waals surface area (Å²) in [5.74, 6) is 0.107. The molecule has 0 aliphatic heterocycles. The summed E-state index contributed by atoms with van der Waals surface area (Å²) in [5.41, 5.74) is 3.29. The van der Waals surface area contributed by atoms with Crippen molar-refractivity contribution in [3.8, 4) is 11.5 Å². The van der Waals surface area contributed by atoms with Gasteiger partial charge in [0.15, 0.2) is 0 Å². The lowest BCUT2D eigenvalue weighted by Crippen LogP contribution is -2.17. The van der Waals surface area contributed by atoms with E-state index >= 15 is 0 Å². The SMILES string of the molecule is COc1cccc(/C=N\NC(=O)c2cc(Br)ccc2O)c1. The first-order valence-electron chi connectivity index (χ1n) is 6.06. The first kappa shape index (κ1) is 15.1. The third-order valence-corrected chi connectivity index (χ3v) is 3.17. The van der Waals surface area contributed by atoms with Crippen LogP contribution in [0.2, 0.25) is 0 Å². The molecule has 0 atom stereocenters. The van der Waals surface area contributed by atoms with Crippen LogP contribution in [0.15, 0.2) is 52.0 Å². The molecule has 0 aliphatic carbocycles. The Balaban J connectivity index is 2.06. The lowest BCUT2D eigenvalue weighted by Gasteiger charge is -2.03. The van der Waals surface area contributed by atoms with Crippen LogP contribution < -0.4 is 10.2 Å². The van der Waals surface area contributed by atoms with Gasteiger partial charge in [-0.25, -0.2) is 5.43 Å². The van der Waals surface area contributed by atoms with Gasteiger partial charge in [-0.15, -0.1) is 0 Å². The Hall–Kier alpha value is -2.34. The fourth-order valence-electron chi connectivity index (χ4n) is 1.64. The molecule has 2 rings (SSSR count). The topological polar surface area (TPSA) is 70.9 Å². The van der Waals surface area contributed by atoms with Gasteiger partial charge in [-0.05, 0) is 35.9 Å². The molecule has 2 aromatic rings. The molecule has 0 saturated carbocycles. The molecular formula is C15H13BrN2O3.